The zero-order valence-corrected chi connectivity index (χ0v) is 20.0. The van der Waals surface area contributed by atoms with Crippen LogP contribution < -0.4 is 4.90 Å². The lowest BCUT2D eigenvalue weighted by Gasteiger charge is -2.23. The Morgan fingerprint density at radius 2 is 1.47 bits per heavy atom. The summed E-state index contributed by atoms with van der Waals surface area (Å²) in [6.07, 6.45) is -0.595. The van der Waals surface area contributed by atoms with E-state index in [1.54, 1.807) is 12.1 Å². The third-order valence-corrected chi connectivity index (χ3v) is 6.28. The van der Waals surface area contributed by atoms with Crippen LogP contribution in [0.2, 0.25) is 0 Å². The number of hydrogen-bond donors (Lipinski definition) is 1. The van der Waals surface area contributed by atoms with E-state index in [1.807, 2.05) is 44.2 Å². The van der Waals surface area contributed by atoms with Gasteiger partial charge in [-0.2, -0.15) is 0 Å². The van der Waals surface area contributed by atoms with Gasteiger partial charge in [0.25, 0.3) is 0 Å². The standard InChI is InChI=1S/C29H25N3O4/c1-18-14-19(2)31-28(30-18)32(16-20-8-7-9-21(15-20)27(33)34)29(35)36-17-26-24-12-5-3-10-22(24)23-11-4-6-13-25(23)26/h3-15,26H,16-17H2,1-2H3,(H,33,34). The Balaban J connectivity index is 1.44. The number of benzene rings is 3. The minimum Gasteiger partial charge on any atom is -0.478 e. The van der Waals surface area contributed by atoms with Crippen molar-refractivity contribution >= 4 is 18.0 Å². The van der Waals surface area contributed by atoms with Gasteiger partial charge in [-0.1, -0.05) is 60.7 Å². The second kappa shape index (κ2) is 9.62. The van der Waals surface area contributed by atoms with Gasteiger partial charge in [0.05, 0.1) is 12.1 Å². The van der Waals surface area contributed by atoms with Crippen LogP contribution >= 0.6 is 0 Å². The van der Waals surface area contributed by atoms with Gasteiger partial charge in [0.2, 0.25) is 5.95 Å². The Bertz CT molecular complexity index is 1400. The summed E-state index contributed by atoms with van der Waals surface area (Å²) in [4.78, 5) is 35.2. The number of aromatic nitrogens is 2. The molecule has 0 fully saturated rings. The van der Waals surface area contributed by atoms with Crippen molar-refractivity contribution in [3.05, 3.63) is 113 Å². The maximum absolute atomic E-state index is 13.5. The highest BCUT2D eigenvalue weighted by molar-refractivity contribution is 5.88. The van der Waals surface area contributed by atoms with Gasteiger partial charge in [0.1, 0.15) is 6.61 Å². The predicted molar refractivity (Wildman–Crippen MR) is 136 cm³/mol. The first kappa shape index (κ1) is 23.2. The molecule has 0 saturated carbocycles. The number of carboxylic acid groups (broad SMARTS) is 1. The number of anilines is 1. The molecule has 1 N–H and O–H groups in total. The van der Waals surface area contributed by atoms with Crippen molar-refractivity contribution in [1.29, 1.82) is 0 Å². The van der Waals surface area contributed by atoms with Crippen LogP contribution in [0.25, 0.3) is 11.1 Å². The molecule has 0 aliphatic heterocycles. The highest BCUT2D eigenvalue weighted by Gasteiger charge is 2.30. The molecule has 180 valence electrons. The summed E-state index contributed by atoms with van der Waals surface area (Å²) < 4.78 is 5.88. The van der Waals surface area contributed by atoms with Crippen molar-refractivity contribution in [2.75, 3.05) is 11.5 Å². The Hall–Kier alpha value is -4.52. The van der Waals surface area contributed by atoms with E-state index in [0.717, 1.165) is 22.3 Å². The summed E-state index contributed by atoms with van der Waals surface area (Å²) in [6.45, 7) is 3.89. The van der Waals surface area contributed by atoms with Crippen molar-refractivity contribution in [2.45, 2.75) is 26.3 Å². The topological polar surface area (TPSA) is 92.6 Å². The number of amides is 1. The number of fused-ring (bicyclic) bond motifs is 3. The number of ether oxygens (including phenoxy) is 1. The first-order valence-electron chi connectivity index (χ1n) is 11.7. The molecule has 0 saturated heterocycles. The van der Waals surface area contributed by atoms with Crippen LogP contribution in [-0.4, -0.2) is 33.7 Å². The van der Waals surface area contributed by atoms with Crippen LogP contribution in [0.5, 0.6) is 0 Å². The molecule has 7 nitrogen and oxygen atoms in total. The van der Waals surface area contributed by atoms with Gasteiger partial charge >= 0.3 is 12.1 Å². The molecule has 1 aromatic heterocycles. The minimum atomic E-state index is -1.04. The summed E-state index contributed by atoms with van der Waals surface area (Å²) in [7, 11) is 0. The molecule has 36 heavy (non-hydrogen) atoms. The molecule has 1 aliphatic rings. The van der Waals surface area contributed by atoms with Gasteiger partial charge in [0, 0.05) is 17.3 Å². The molecule has 1 aliphatic carbocycles. The molecule has 1 amide bonds. The van der Waals surface area contributed by atoms with Gasteiger partial charge in [0.15, 0.2) is 0 Å². The van der Waals surface area contributed by atoms with Crippen molar-refractivity contribution in [1.82, 2.24) is 9.97 Å². The van der Waals surface area contributed by atoms with Crippen molar-refractivity contribution < 1.29 is 19.4 Å². The molecule has 4 aromatic rings. The van der Waals surface area contributed by atoms with Gasteiger partial charge in [-0.15, -0.1) is 0 Å². The second-order valence-electron chi connectivity index (χ2n) is 8.85. The van der Waals surface area contributed by atoms with Crippen LogP contribution in [0, 0.1) is 13.8 Å². The molecule has 3 aromatic carbocycles. The smallest absolute Gasteiger partial charge is 0.417 e. The largest absolute Gasteiger partial charge is 0.478 e. The van der Waals surface area contributed by atoms with E-state index < -0.39 is 12.1 Å². The van der Waals surface area contributed by atoms with Crippen LogP contribution in [-0.2, 0) is 11.3 Å². The number of rotatable bonds is 6. The van der Waals surface area contributed by atoms with E-state index in [4.69, 9.17) is 4.74 Å². The lowest BCUT2D eigenvalue weighted by molar-refractivity contribution is 0.0696. The maximum atomic E-state index is 13.5. The number of carbonyl (C=O) groups excluding carboxylic acids is 1. The molecule has 0 radical (unpaired) electrons. The minimum absolute atomic E-state index is 0.0701. The highest BCUT2D eigenvalue weighted by atomic mass is 16.6. The van der Waals surface area contributed by atoms with Crippen LogP contribution in [0.15, 0.2) is 78.9 Å². The van der Waals surface area contributed by atoms with Gasteiger partial charge < -0.3 is 9.84 Å². The highest BCUT2D eigenvalue weighted by Crippen LogP contribution is 2.44. The van der Waals surface area contributed by atoms with Gasteiger partial charge in [-0.3, -0.25) is 0 Å². The van der Waals surface area contributed by atoms with Gasteiger partial charge in [-0.25, -0.2) is 24.5 Å². The quantitative estimate of drug-likeness (QED) is 0.379. The van der Waals surface area contributed by atoms with Crippen LogP contribution in [0.4, 0.5) is 10.7 Å². The molecular weight excluding hydrogens is 454 g/mol. The molecule has 0 atom stereocenters. The van der Waals surface area contributed by atoms with Crippen molar-refractivity contribution in [3.63, 3.8) is 0 Å². The second-order valence-corrected chi connectivity index (χ2v) is 8.85. The van der Waals surface area contributed by atoms with E-state index >= 15 is 0 Å². The molecule has 1 heterocycles. The van der Waals surface area contributed by atoms with Crippen molar-refractivity contribution in [2.24, 2.45) is 0 Å². The summed E-state index contributed by atoms with van der Waals surface area (Å²) in [5, 5.41) is 9.38. The Kier molecular flexibility index (Phi) is 6.21. The van der Waals surface area contributed by atoms with E-state index in [0.29, 0.717) is 17.0 Å². The van der Waals surface area contributed by atoms with Crippen LogP contribution in [0.1, 0.15) is 44.4 Å². The zero-order chi connectivity index (χ0) is 25.2. The number of aryl methyl sites for hydroxylation is 2. The molecule has 0 unspecified atom stereocenters. The molecule has 5 rings (SSSR count). The fraction of sp³-hybridized carbons (Fsp3) is 0.172. The van der Waals surface area contributed by atoms with Crippen LogP contribution in [0.3, 0.4) is 0 Å². The maximum Gasteiger partial charge on any atom is 0.417 e. The molecule has 7 heteroatoms. The number of nitrogens with zero attached hydrogens (tertiary/aromatic N) is 3. The number of carboxylic acids is 1. The van der Waals surface area contributed by atoms with E-state index in [9.17, 15) is 14.7 Å². The Morgan fingerprint density at radius 3 is 2.08 bits per heavy atom. The fourth-order valence-electron chi connectivity index (χ4n) is 4.70. The van der Waals surface area contributed by atoms with E-state index in [-0.39, 0.29) is 30.6 Å². The predicted octanol–water partition coefficient (Wildman–Crippen LogP) is 5.75. The SMILES string of the molecule is Cc1cc(C)nc(N(Cc2cccc(C(=O)O)c2)C(=O)OCC2c3ccccc3-c3ccccc32)n1. The summed E-state index contributed by atoms with van der Waals surface area (Å²) in [6, 6.07) is 24.6. The number of carbonyl (C=O) groups is 2. The third-order valence-electron chi connectivity index (χ3n) is 6.28. The first-order chi connectivity index (χ1) is 17.4. The van der Waals surface area contributed by atoms with E-state index in [2.05, 4.69) is 34.2 Å². The number of hydrogen-bond acceptors (Lipinski definition) is 5. The Morgan fingerprint density at radius 1 is 0.861 bits per heavy atom. The average molecular weight is 480 g/mol. The number of aromatic carboxylic acids is 1. The normalized spacial score (nSPS) is 12.1. The lowest BCUT2D eigenvalue weighted by Crippen LogP contribution is -2.34. The van der Waals surface area contributed by atoms with Crippen molar-refractivity contribution in [3.8, 4) is 11.1 Å². The first-order valence-corrected chi connectivity index (χ1v) is 11.7. The lowest BCUT2D eigenvalue weighted by atomic mass is 9.98. The zero-order valence-electron chi connectivity index (χ0n) is 20.0. The third kappa shape index (κ3) is 4.55. The summed E-state index contributed by atoms with van der Waals surface area (Å²) >= 11 is 0. The fourth-order valence-corrected chi connectivity index (χ4v) is 4.70. The van der Waals surface area contributed by atoms with Gasteiger partial charge in [-0.05, 0) is 59.9 Å². The monoisotopic (exact) mass is 479 g/mol. The Labute approximate surface area is 209 Å². The molecule has 0 spiro atoms. The van der Waals surface area contributed by atoms with E-state index in [1.165, 1.54) is 17.0 Å². The molecule has 0 bridgehead atoms. The summed E-state index contributed by atoms with van der Waals surface area (Å²) in [5.74, 6) is -0.906. The average Bonchev–Trinajstić information content (AvgIpc) is 3.19. The molecular formula is C29H25N3O4. The summed E-state index contributed by atoms with van der Waals surface area (Å²) in [5.41, 5.74) is 6.74.